The summed E-state index contributed by atoms with van der Waals surface area (Å²) in [4.78, 5) is 22.6. The second kappa shape index (κ2) is 7.48. The van der Waals surface area contributed by atoms with Gasteiger partial charge in [-0.15, -0.1) is 0 Å². The van der Waals surface area contributed by atoms with Crippen LogP contribution in [0, 0.1) is 15.9 Å². The summed E-state index contributed by atoms with van der Waals surface area (Å²) in [7, 11) is -3.44. The van der Waals surface area contributed by atoms with Crippen LogP contribution < -0.4 is 9.46 Å². The lowest BCUT2D eigenvalue weighted by Gasteiger charge is -2.14. The first-order valence-electron chi connectivity index (χ1n) is 7.29. The van der Waals surface area contributed by atoms with Crippen molar-refractivity contribution >= 4 is 27.2 Å². The molecule has 0 bridgehead atoms. The van der Waals surface area contributed by atoms with Crippen molar-refractivity contribution < 1.29 is 27.3 Å². The number of nitro benzene ring substituents is 1. The molecule has 0 fully saturated rings. The Morgan fingerprint density at radius 1 is 1.23 bits per heavy atom. The van der Waals surface area contributed by atoms with Crippen LogP contribution in [0.15, 0.2) is 42.5 Å². The van der Waals surface area contributed by atoms with Gasteiger partial charge in [-0.25, -0.2) is 12.8 Å². The molecule has 0 spiro atoms. The highest BCUT2D eigenvalue weighted by atomic mass is 32.2. The van der Waals surface area contributed by atoms with E-state index in [0.717, 1.165) is 24.5 Å². The molecule has 138 valence electrons. The van der Waals surface area contributed by atoms with Crippen LogP contribution in [-0.2, 0) is 10.0 Å². The van der Waals surface area contributed by atoms with Crippen LogP contribution >= 0.6 is 0 Å². The van der Waals surface area contributed by atoms with Gasteiger partial charge < -0.3 is 4.74 Å². The topological polar surface area (TPSA) is 116 Å². The van der Waals surface area contributed by atoms with E-state index in [1.165, 1.54) is 31.2 Å². The molecule has 1 atom stereocenters. The van der Waals surface area contributed by atoms with Gasteiger partial charge in [0.15, 0.2) is 6.10 Å². The molecule has 26 heavy (non-hydrogen) atoms. The van der Waals surface area contributed by atoms with Gasteiger partial charge in [0.25, 0.3) is 0 Å². The van der Waals surface area contributed by atoms with Gasteiger partial charge in [0, 0.05) is 23.4 Å². The second-order valence-corrected chi connectivity index (χ2v) is 7.19. The summed E-state index contributed by atoms with van der Waals surface area (Å²) < 4.78 is 43.2. The SMILES string of the molecule is C[C@@H](Oc1cc(F)ccc1[N+](=O)[O-])C(=O)c1ccc(NS(C)(=O)=O)cc1. The molecule has 0 aromatic heterocycles. The first kappa shape index (κ1) is 19.3. The molecule has 0 aliphatic rings. The monoisotopic (exact) mass is 382 g/mol. The fraction of sp³-hybridized carbons (Fsp3) is 0.188. The Morgan fingerprint density at radius 3 is 2.38 bits per heavy atom. The maximum atomic E-state index is 13.3. The summed E-state index contributed by atoms with van der Waals surface area (Å²) in [5.41, 5.74) is 0.0211. The van der Waals surface area contributed by atoms with Gasteiger partial charge in [-0.1, -0.05) is 0 Å². The number of rotatable bonds is 7. The van der Waals surface area contributed by atoms with E-state index in [4.69, 9.17) is 4.74 Å². The van der Waals surface area contributed by atoms with Gasteiger partial charge >= 0.3 is 5.69 Å². The third-order valence-electron chi connectivity index (χ3n) is 3.26. The lowest BCUT2D eigenvalue weighted by atomic mass is 10.1. The van der Waals surface area contributed by atoms with E-state index in [1.807, 2.05) is 0 Å². The number of nitro groups is 1. The molecule has 0 aliphatic carbocycles. The minimum Gasteiger partial charge on any atom is -0.475 e. The normalized spacial score (nSPS) is 12.3. The number of ether oxygens (including phenoxy) is 1. The number of carbonyl (C=O) groups excluding carboxylic acids is 1. The molecule has 10 heteroatoms. The maximum Gasteiger partial charge on any atom is 0.311 e. The standard InChI is InChI=1S/C16H15FN2O6S/c1-10(25-15-9-12(17)5-8-14(15)19(21)22)16(20)11-3-6-13(7-4-11)18-26(2,23)24/h3-10,18H,1-2H3/t10-/m1/s1. The van der Waals surface area contributed by atoms with Crippen molar-refractivity contribution in [2.75, 3.05) is 11.0 Å². The van der Waals surface area contributed by atoms with E-state index >= 15 is 0 Å². The van der Waals surface area contributed by atoms with Gasteiger partial charge in [0.2, 0.25) is 21.6 Å². The van der Waals surface area contributed by atoms with Crippen molar-refractivity contribution in [3.63, 3.8) is 0 Å². The third kappa shape index (κ3) is 4.99. The van der Waals surface area contributed by atoms with Crippen LogP contribution in [0.1, 0.15) is 17.3 Å². The average molecular weight is 382 g/mol. The summed E-state index contributed by atoms with van der Waals surface area (Å²) in [6, 6.07) is 8.27. The molecule has 0 unspecified atom stereocenters. The summed E-state index contributed by atoms with van der Waals surface area (Å²) in [5, 5.41) is 11.0. The first-order chi connectivity index (χ1) is 12.1. The Morgan fingerprint density at radius 2 is 1.85 bits per heavy atom. The van der Waals surface area contributed by atoms with E-state index < -0.39 is 38.3 Å². The van der Waals surface area contributed by atoms with Crippen LogP contribution in [0.5, 0.6) is 5.75 Å². The Kier molecular flexibility index (Phi) is 5.56. The average Bonchev–Trinajstić information content (AvgIpc) is 2.53. The Bertz CT molecular complexity index is 944. The van der Waals surface area contributed by atoms with Gasteiger partial charge in [-0.05, 0) is 37.3 Å². The molecule has 0 saturated carbocycles. The zero-order chi connectivity index (χ0) is 19.5. The van der Waals surface area contributed by atoms with Crippen LogP contribution in [0.2, 0.25) is 0 Å². The van der Waals surface area contributed by atoms with Crippen molar-refractivity contribution in [3.8, 4) is 5.75 Å². The highest BCUT2D eigenvalue weighted by Crippen LogP contribution is 2.29. The highest BCUT2D eigenvalue weighted by Gasteiger charge is 2.22. The number of anilines is 1. The second-order valence-electron chi connectivity index (χ2n) is 5.45. The van der Waals surface area contributed by atoms with E-state index in [9.17, 15) is 27.7 Å². The zero-order valence-electron chi connectivity index (χ0n) is 13.8. The Labute approximate surface area is 148 Å². The van der Waals surface area contributed by atoms with Crippen molar-refractivity contribution in [1.82, 2.24) is 0 Å². The molecule has 2 aromatic carbocycles. The molecule has 0 aliphatic heterocycles. The minimum atomic E-state index is -3.44. The number of hydrogen-bond donors (Lipinski definition) is 1. The molecule has 2 aromatic rings. The molecular weight excluding hydrogens is 367 g/mol. The number of nitrogens with zero attached hydrogens (tertiary/aromatic N) is 1. The number of sulfonamides is 1. The van der Waals surface area contributed by atoms with E-state index in [0.29, 0.717) is 0 Å². The number of ketones is 1. The zero-order valence-corrected chi connectivity index (χ0v) is 14.6. The number of Topliss-reactive ketones (excluding diaryl/α,β-unsaturated/α-hetero) is 1. The Balaban J connectivity index is 2.18. The highest BCUT2D eigenvalue weighted by molar-refractivity contribution is 7.92. The number of nitrogens with one attached hydrogen (secondary N) is 1. The molecule has 0 saturated heterocycles. The van der Waals surface area contributed by atoms with Crippen molar-refractivity contribution in [2.24, 2.45) is 0 Å². The fourth-order valence-electron chi connectivity index (χ4n) is 2.13. The van der Waals surface area contributed by atoms with Gasteiger partial charge in [-0.3, -0.25) is 19.6 Å². The van der Waals surface area contributed by atoms with Gasteiger partial charge in [0.1, 0.15) is 5.82 Å². The quantitative estimate of drug-likeness (QED) is 0.447. The predicted octanol–water partition coefficient (Wildman–Crippen LogP) is 2.76. The van der Waals surface area contributed by atoms with Crippen molar-refractivity contribution in [3.05, 3.63) is 64.0 Å². The van der Waals surface area contributed by atoms with Crippen molar-refractivity contribution in [1.29, 1.82) is 0 Å². The molecule has 0 radical (unpaired) electrons. The van der Waals surface area contributed by atoms with E-state index in [-0.39, 0.29) is 17.0 Å². The summed E-state index contributed by atoms with van der Waals surface area (Å²) in [6.45, 7) is 1.37. The number of carbonyl (C=O) groups is 1. The van der Waals surface area contributed by atoms with Gasteiger partial charge in [0.05, 0.1) is 11.2 Å². The number of halogens is 1. The van der Waals surface area contributed by atoms with Crippen molar-refractivity contribution in [2.45, 2.75) is 13.0 Å². The molecule has 2 rings (SSSR count). The largest absolute Gasteiger partial charge is 0.475 e. The predicted molar refractivity (Wildman–Crippen MR) is 92.4 cm³/mol. The van der Waals surface area contributed by atoms with Crippen LogP contribution in [0.4, 0.5) is 15.8 Å². The van der Waals surface area contributed by atoms with E-state index in [2.05, 4.69) is 4.72 Å². The smallest absolute Gasteiger partial charge is 0.311 e. The molecule has 0 heterocycles. The fourth-order valence-corrected chi connectivity index (χ4v) is 2.69. The minimum absolute atomic E-state index is 0.204. The van der Waals surface area contributed by atoms with Crippen LogP contribution in [-0.4, -0.2) is 31.5 Å². The first-order valence-corrected chi connectivity index (χ1v) is 9.18. The number of benzene rings is 2. The molecule has 1 N–H and O–H groups in total. The summed E-state index contributed by atoms with van der Waals surface area (Å²) in [6.07, 6.45) is -0.127. The number of hydrogen-bond acceptors (Lipinski definition) is 6. The van der Waals surface area contributed by atoms with Gasteiger partial charge in [-0.2, -0.15) is 0 Å². The molecule has 0 amide bonds. The van der Waals surface area contributed by atoms with Crippen LogP contribution in [0.3, 0.4) is 0 Å². The maximum absolute atomic E-state index is 13.3. The third-order valence-corrected chi connectivity index (χ3v) is 3.87. The lowest BCUT2D eigenvalue weighted by Crippen LogP contribution is -2.24. The molecule has 8 nitrogen and oxygen atoms in total. The lowest BCUT2D eigenvalue weighted by molar-refractivity contribution is -0.386. The molecular formula is C16H15FN2O6S. The summed E-state index contributed by atoms with van der Waals surface area (Å²) >= 11 is 0. The van der Waals surface area contributed by atoms with E-state index in [1.54, 1.807) is 0 Å². The van der Waals surface area contributed by atoms with Crippen LogP contribution in [0.25, 0.3) is 0 Å². The Hall–Kier alpha value is -3.01. The summed E-state index contributed by atoms with van der Waals surface area (Å²) in [5.74, 6) is -1.60.